The number of benzene rings is 1. The van der Waals surface area contributed by atoms with Crippen molar-refractivity contribution < 1.29 is 41.0 Å². The Kier molecular flexibility index (Phi) is 9.60. The average molecular weight is 587 g/mol. The Morgan fingerprint density at radius 2 is 1.77 bits per heavy atom. The molecule has 2 aliphatic rings. The predicted molar refractivity (Wildman–Crippen MR) is 145 cm³/mol. The lowest BCUT2D eigenvalue weighted by Gasteiger charge is -2.47. The van der Waals surface area contributed by atoms with Gasteiger partial charge >= 0.3 is 12.3 Å². The number of piperidine rings is 1. The highest BCUT2D eigenvalue weighted by molar-refractivity contribution is 7.89. The molecule has 1 aromatic rings. The van der Waals surface area contributed by atoms with E-state index in [0.29, 0.717) is 0 Å². The number of aliphatic hydroxyl groups excluding tert-OH is 1. The van der Waals surface area contributed by atoms with Gasteiger partial charge in [0.2, 0.25) is 16.1 Å². The van der Waals surface area contributed by atoms with E-state index in [1.165, 1.54) is 36.4 Å². The number of rotatable bonds is 8. The normalized spacial score (nSPS) is 20.7. The van der Waals surface area contributed by atoms with Crippen LogP contribution in [0.15, 0.2) is 60.0 Å². The molecule has 3 rings (SSSR count). The summed E-state index contributed by atoms with van der Waals surface area (Å²) < 4.78 is 81.3. The van der Waals surface area contributed by atoms with E-state index in [1.54, 1.807) is 12.1 Å². The van der Waals surface area contributed by atoms with Crippen LogP contribution in [0.3, 0.4) is 0 Å². The van der Waals surface area contributed by atoms with Crippen LogP contribution in [0.25, 0.3) is 5.57 Å². The number of aliphatic hydroxyl groups is 1. The maximum atomic E-state index is 14.1. The number of nitrogens with zero attached hydrogens (tertiary/aromatic N) is 2. The summed E-state index contributed by atoms with van der Waals surface area (Å²) in [5, 5.41) is 9.92. The van der Waals surface area contributed by atoms with E-state index in [9.17, 15) is 31.5 Å². The molecule has 12 heteroatoms. The number of hydrogen-bond acceptors (Lipinski definition) is 6. The molecule has 1 amide bonds. The van der Waals surface area contributed by atoms with Crippen LogP contribution in [0.4, 0.5) is 18.0 Å². The quantitative estimate of drug-likeness (QED) is 0.441. The Morgan fingerprint density at radius 3 is 2.25 bits per heavy atom. The van der Waals surface area contributed by atoms with Crippen LogP contribution in [0.5, 0.6) is 0 Å². The molecular weight excluding hydrogens is 549 g/mol. The van der Waals surface area contributed by atoms with Crippen molar-refractivity contribution >= 4 is 21.7 Å². The lowest BCUT2D eigenvalue weighted by atomic mass is 9.76. The molecule has 1 N–H and O–H groups in total. The molecule has 2 aliphatic heterocycles. The van der Waals surface area contributed by atoms with Crippen molar-refractivity contribution in [2.45, 2.75) is 56.4 Å². The second kappa shape index (κ2) is 12.1. The van der Waals surface area contributed by atoms with Gasteiger partial charge in [-0.3, -0.25) is 0 Å². The first-order valence-electron chi connectivity index (χ1n) is 12.9. The monoisotopic (exact) mass is 586 g/mol. The van der Waals surface area contributed by atoms with Crippen molar-refractivity contribution in [1.29, 1.82) is 0 Å². The van der Waals surface area contributed by atoms with Gasteiger partial charge in [-0.25, -0.2) is 13.2 Å². The number of carbonyl (C=O) groups excluding carboxylic acids is 1. The number of amides is 1. The first-order chi connectivity index (χ1) is 18.6. The Hall–Kier alpha value is -2.67. The molecule has 1 aromatic carbocycles. The standard InChI is InChI=1S/C28H37F3N2O6S/c1-6-11-27(19-34,21(4)5)24(28(29,30)31)39-25(35)32-14-12-26(13-15-32)18-33(16-17-38-26)40(36,37)23-9-7-22(8-10-23)20(2)3/h6-11,24,34H,2,4,12-19H2,1,3,5H3/b11-6+. The van der Waals surface area contributed by atoms with E-state index >= 15 is 0 Å². The molecule has 8 nitrogen and oxygen atoms in total. The summed E-state index contributed by atoms with van der Waals surface area (Å²) in [6.45, 7) is 11.5. The van der Waals surface area contributed by atoms with Gasteiger partial charge in [0.15, 0.2) is 0 Å². The summed E-state index contributed by atoms with van der Waals surface area (Å²) in [6.07, 6.45) is -5.90. The van der Waals surface area contributed by atoms with Gasteiger partial charge in [-0.1, -0.05) is 48.6 Å². The fourth-order valence-corrected chi connectivity index (χ4v) is 6.63. The van der Waals surface area contributed by atoms with Gasteiger partial charge in [-0.15, -0.1) is 0 Å². The summed E-state index contributed by atoms with van der Waals surface area (Å²) in [6, 6.07) is 6.45. The zero-order chi connectivity index (χ0) is 29.9. The minimum absolute atomic E-state index is 0.00736. The molecule has 0 saturated carbocycles. The van der Waals surface area contributed by atoms with E-state index in [-0.39, 0.29) is 56.1 Å². The van der Waals surface area contributed by atoms with Crippen LogP contribution >= 0.6 is 0 Å². The number of hydrogen-bond donors (Lipinski definition) is 1. The van der Waals surface area contributed by atoms with E-state index in [1.807, 2.05) is 6.92 Å². The average Bonchev–Trinajstić information content (AvgIpc) is 2.90. The summed E-state index contributed by atoms with van der Waals surface area (Å²) in [4.78, 5) is 14.2. The van der Waals surface area contributed by atoms with Crippen molar-refractivity contribution in [3.8, 4) is 0 Å². The van der Waals surface area contributed by atoms with E-state index in [2.05, 4.69) is 13.2 Å². The van der Waals surface area contributed by atoms with Crippen LogP contribution in [-0.4, -0.2) is 86.1 Å². The van der Waals surface area contributed by atoms with Crippen molar-refractivity contribution in [3.05, 3.63) is 60.7 Å². The van der Waals surface area contributed by atoms with E-state index in [4.69, 9.17) is 9.47 Å². The Labute approximate surface area is 233 Å². The topological polar surface area (TPSA) is 96.4 Å². The van der Waals surface area contributed by atoms with Crippen molar-refractivity contribution in [1.82, 2.24) is 9.21 Å². The Bertz CT molecular complexity index is 1240. The van der Waals surface area contributed by atoms with Gasteiger partial charge in [0.05, 0.1) is 29.1 Å². The summed E-state index contributed by atoms with van der Waals surface area (Å²) in [5.74, 6) is 0. The second-order valence-electron chi connectivity index (χ2n) is 10.4. The number of morpholine rings is 1. The molecule has 2 atom stereocenters. The van der Waals surface area contributed by atoms with Gasteiger partial charge in [0.25, 0.3) is 0 Å². The summed E-state index contributed by atoms with van der Waals surface area (Å²) in [7, 11) is -3.82. The van der Waals surface area contributed by atoms with E-state index in [0.717, 1.165) is 22.1 Å². The molecule has 1 spiro atoms. The van der Waals surface area contributed by atoms with Gasteiger partial charge in [-0.05, 0) is 51.3 Å². The zero-order valence-electron chi connectivity index (χ0n) is 23.0. The Balaban J connectivity index is 1.72. The minimum atomic E-state index is -4.97. The molecule has 2 fully saturated rings. The molecule has 2 unspecified atom stereocenters. The number of carbonyl (C=O) groups is 1. The fourth-order valence-electron chi connectivity index (χ4n) is 5.14. The highest BCUT2D eigenvalue weighted by Crippen LogP contribution is 2.43. The summed E-state index contributed by atoms with van der Waals surface area (Å²) in [5.41, 5.74) is -1.30. The molecule has 2 heterocycles. The van der Waals surface area contributed by atoms with Crippen LogP contribution in [0, 0.1) is 5.41 Å². The van der Waals surface area contributed by atoms with E-state index < -0.39 is 46.0 Å². The zero-order valence-corrected chi connectivity index (χ0v) is 23.9. The third-order valence-corrected chi connectivity index (χ3v) is 9.49. The summed E-state index contributed by atoms with van der Waals surface area (Å²) >= 11 is 0. The number of allylic oxidation sites excluding steroid dienone is 2. The molecule has 222 valence electrons. The van der Waals surface area contributed by atoms with Crippen LogP contribution < -0.4 is 0 Å². The van der Waals surface area contributed by atoms with Crippen LogP contribution in [0.1, 0.15) is 39.2 Å². The second-order valence-corrected chi connectivity index (χ2v) is 12.4. The molecule has 40 heavy (non-hydrogen) atoms. The van der Waals surface area contributed by atoms with Crippen molar-refractivity contribution in [2.24, 2.45) is 5.41 Å². The molecule has 0 radical (unpaired) electrons. The number of halogens is 3. The maximum absolute atomic E-state index is 14.1. The number of ether oxygens (including phenoxy) is 2. The predicted octanol–water partition coefficient (Wildman–Crippen LogP) is 4.77. The van der Waals surface area contributed by atoms with Gasteiger partial charge in [0, 0.05) is 26.2 Å². The van der Waals surface area contributed by atoms with Crippen LogP contribution in [0.2, 0.25) is 0 Å². The lowest BCUT2D eigenvalue weighted by molar-refractivity contribution is -0.232. The van der Waals surface area contributed by atoms with Gasteiger partial charge in [-0.2, -0.15) is 17.5 Å². The highest BCUT2D eigenvalue weighted by atomic mass is 32.2. The van der Waals surface area contributed by atoms with Crippen molar-refractivity contribution in [2.75, 3.05) is 39.4 Å². The third-order valence-electron chi connectivity index (χ3n) is 7.64. The third kappa shape index (κ3) is 6.45. The van der Waals surface area contributed by atoms with Gasteiger partial charge in [0.1, 0.15) is 0 Å². The SMILES string of the molecule is C=C(C)c1ccc(S(=O)(=O)N2CCOC3(CCN(C(=O)OC(C(F)(F)F)C(/C=C/C)(CO)C(=C)C)CC3)C2)cc1. The van der Waals surface area contributed by atoms with Crippen molar-refractivity contribution in [3.63, 3.8) is 0 Å². The first-order valence-corrected chi connectivity index (χ1v) is 14.4. The van der Waals surface area contributed by atoms with Crippen LogP contribution in [-0.2, 0) is 19.5 Å². The minimum Gasteiger partial charge on any atom is -0.435 e. The van der Waals surface area contributed by atoms with Gasteiger partial charge < -0.3 is 19.5 Å². The number of sulfonamides is 1. The molecule has 0 aliphatic carbocycles. The maximum Gasteiger partial charge on any atom is 0.426 e. The Morgan fingerprint density at radius 1 is 1.18 bits per heavy atom. The fraction of sp³-hybridized carbons (Fsp3) is 0.536. The number of likely N-dealkylation sites (tertiary alicyclic amines) is 1. The first kappa shape index (κ1) is 31.9. The lowest BCUT2D eigenvalue weighted by Crippen LogP contribution is -2.59. The smallest absolute Gasteiger partial charge is 0.426 e. The molecular formula is C28H37F3N2O6S. The molecule has 0 aromatic heterocycles. The largest absolute Gasteiger partial charge is 0.435 e. The number of alkyl halides is 3. The highest BCUT2D eigenvalue weighted by Gasteiger charge is 2.56. The molecule has 0 bridgehead atoms. The molecule has 2 saturated heterocycles.